The minimum atomic E-state index is -1.73. The molecule has 1 aliphatic heterocycles. The van der Waals surface area contributed by atoms with Gasteiger partial charge in [0.25, 0.3) is 11.8 Å². The van der Waals surface area contributed by atoms with Gasteiger partial charge in [-0.3, -0.25) is 14.7 Å². The Morgan fingerprint density at radius 3 is 2.72 bits per heavy atom. The van der Waals surface area contributed by atoms with Gasteiger partial charge in [0, 0.05) is 37.2 Å². The minimum absolute atomic E-state index is 0.0280. The highest BCUT2D eigenvalue weighted by Crippen LogP contribution is 2.35. The zero-order valence-electron chi connectivity index (χ0n) is 19.9. The Kier molecular flexibility index (Phi) is 5.52. The van der Waals surface area contributed by atoms with Gasteiger partial charge in [0.15, 0.2) is 17.3 Å². The molecule has 0 radical (unpaired) electrons. The van der Waals surface area contributed by atoms with E-state index in [-0.39, 0.29) is 23.7 Å². The van der Waals surface area contributed by atoms with E-state index in [1.54, 1.807) is 37.4 Å². The summed E-state index contributed by atoms with van der Waals surface area (Å²) in [4.78, 5) is 34.8. The summed E-state index contributed by atoms with van der Waals surface area (Å²) in [5, 5.41) is 25.0. The second kappa shape index (κ2) is 8.57. The first-order chi connectivity index (χ1) is 17.2. The largest absolute Gasteiger partial charge is 0.373 e. The van der Waals surface area contributed by atoms with E-state index in [0.29, 0.717) is 34.7 Å². The second-order valence-electron chi connectivity index (χ2n) is 8.75. The Hall–Kier alpha value is -4.58. The SMILES string of the molecule is Cc1n[nH]c(C)c1Nc1cnc(-c2cccc(-c3cc(C4(O)CCN(C)C4=O)on3)c2)nc1C(N)=O. The van der Waals surface area contributed by atoms with Gasteiger partial charge in [0.05, 0.1) is 29.0 Å². The maximum absolute atomic E-state index is 12.4. The van der Waals surface area contributed by atoms with E-state index in [2.05, 4.69) is 30.6 Å². The van der Waals surface area contributed by atoms with E-state index in [9.17, 15) is 14.7 Å². The van der Waals surface area contributed by atoms with Crippen LogP contribution in [-0.2, 0) is 10.4 Å². The van der Waals surface area contributed by atoms with Crippen LogP contribution in [0.5, 0.6) is 0 Å². The van der Waals surface area contributed by atoms with Crippen LogP contribution in [-0.4, -0.2) is 60.7 Å². The number of amides is 2. The lowest BCUT2D eigenvalue weighted by Gasteiger charge is -2.16. The molecule has 1 atom stereocenters. The highest BCUT2D eigenvalue weighted by Gasteiger charge is 2.48. The lowest BCUT2D eigenvalue weighted by molar-refractivity contribution is -0.144. The summed E-state index contributed by atoms with van der Waals surface area (Å²) in [6.07, 6.45) is 1.71. The molecular formula is C24H24N8O4. The molecule has 0 saturated carbocycles. The van der Waals surface area contributed by atoms with Crippen molar-refractivity contribution < 1.29 is 19.2 Å². The smallest absolute Gasteiger partial charge is 0.269 e. The second-order valence-corrected chi connectivity index (χ2v) is 8.75. The molecule has 1 unspecified atom stereocenters. The Morgan fingerprint density at radius 2 is 2.06 bits per heavy atom. The lowest BCUT2D eigenvalue weighted by Crippen LogP contribution is -2.35. The molecule has 3 aromatic heterocycles. The molecule has 1 fully saturated rings. The van der Waals surface area contributed by atoms with Crippen LogP contribution in [0.3, 0.4) is 0 Å². The molecule has 1 aromatic carbocycles. The van der Waals surface area contributed by atoms with E-state index in [1.807, 2.05) is 13.8 Å². The van der Waals surface area contributed by atoms with Gasteiger partial charge in [-0.15, -0.1) is 0 Å². The molecule has 184 valence electrons. The number of hydrogen-bond acceptors (Lipinski definition) is 9. The predicted molar refractivity (Wildman–Crippen MR) is 129 cm³/mol. The monoisotopic (exact) mass is 488 g/mol. The third kappa shape index (κ3) is 3.86. The maximum Gasteiger partial charge on any atom is 0.269 e. The first-order valence-corrected chi connectivity index (χ1v) is 11.2. The summed E-state index contributed by atoms with van der Waals surface area (Å²) < 4.78 is 5.35. The number of anilines is 2. The molecule has 5 N–H and O–H groups in total. The summed E-state index contributed by atoms with van der Waals surface area (Å²) in [5.74, 6) is -0.769. The molecule has 4 aromatic rings. The van der Waals surface area contributed by atoms with Crippen molar-refractivity contribution in [3.63, 3.8) is 0 Å². The number of H-pyrrole nitrogens is 1. The van der Waals surface area contributed by atoms with Gasteiger partial charge < -0.3 is 25.6 Å². The summed E-state index contributed by atoms with van der Waals surface area (Å²) in [7, 11) is 1.62. The number of carbonyl (C=O) groups excluding carboxylic acids is 2. The number of aromatic nitrogens is 5. The number of nitrogens with zero attached hydrogens (tertiary/aromatic N) is 5. The summed E-state index contributed by atoms with van der Waals surface area (Å²) in [6.45, 7) is 4.10. The number of likely N-dealkylation sites (tertiary alicyclic amines) is 1. The number of hydrogen-bond donors (Lipinski definition) is 4. The number of aryl methyl sites for hydroxylation is 2. The normalized spacial score (nSPS) is 17.6. The van der Waals surface area contributed by atoms with Crippen molar-refractivity contribution in [3.05, 3.63) is 59.4 Å². The average molecular weight is 489 g/mol. The van der Waals surface area contributed by atoms with E-state index in [0.717, 1.165) is 11.4 Å². The highest BCUT2D eigenvalue weighted by atomic mass is 16.5. The Bertz CT molecular complexity index is 1470. The Balaban J connectivity index is 1.46. The third-order valence-electron chi connectivity index (χ3n) is 6.25. The number of likely N-dealkylation sites (N-methyl/N-ethyl adjacent to an activating group) is 1. The van der Waals surface area contributed by atoms with E-state index in [4.69, 9.17) is 10.3 Å². The molecule has 12 heteroatoms. The van der Waals surface area contributed by atoms with Gasteiger partial charge in [0.1, 0.15) is 5.69 Å². The number of nitrogens with one attached hydrogen (secondary N) is 2. The van der Waals surface area contributed by atoms with Crippen molar-refractivity contribution in [2.24, 2.45) is 5.73 Å². The van der Waals surface area contributed by atoms with Gasteiger partial charge in [-0.1, -0.05) is 23.4 Å². The van der Waals surface area contributed by atoms with E-state index < -0.39 is 17.4 Å². The molecule has 1 aliphatic rings. The average Bonchev–Trinajstić information content (AvgIpc) is 3.56. The summed E-state index contributed by atoms with van der Waals surface area (Å²) in [6, 6.07) is 8.68. The molecular weight excluding hydrogens is 464 g/mol. The fourth-order valence-electron chi connectivity index (χ4n) is 4.18. The minimum Gasteiger partial charge on any atom is -0.373 e. The topological polar surface area (TPSA) is 176 Å². The molecule has 0 spiro atoms. The molecule has 1 saturated heterocycles. The first kappa shape index (κ1) is 23.2. The number of rotatable bonds is 6. The van der Waals surface area contributed by atoms with Crippen LogP contribution in [0, 0.1) is 13.8 Å². The van der Waals surface area contributed by atoms with Crippen molar-refractivity contribution in [2.75, 3.05) is 18.9 Å². The number of carbonyl (C=O) groups is 2. The quantitative estimate of drug-likeness (QED) is 0.316. The van der Waals surface area contributed by atoms with Crippen LogP contribution in [0.1, 0.15) is 34.1 Å². The van der Waals surface area contributed by atoms with Crippen LogP contribution >= 0.6 is 0 Å². The zero-order valence-corrected chi connectivity index (χ0v) is 19.9. The highest BCUT2D eigenvalue weighted by molar-refractivity contribution is 5.97. The Morgan fingerprint density at radius 1 is 1.28 bits per heavy atom. The van der Waals surface area contributed by atoms with Crippen molar-refractivity contribution in [1.82, 2.24) is 30.2 Å². The first-order valence-electron chi connectivity index (χ1n) is 11.2. The van der Waals surface area contributed by atoms with E-state index in [1.165, 1.54) is 11.1 Å². The maximum atomic E-state index is 12.4. The predicted octanol–water partition coefficient (Wildman–Crippen LogP) is 2.03. The zero-order chi connectivity index (χ0) is 25.6. The fourth-order valence-corrected chi connectivity index (χ4v) is 4.18. The van der Waals surface area contributed by atoms with Crippen LogP contribution in [0.2, 0.25) is 0 Å². The van der Waals surface area contributed by atoms with Crippen LogP contribution < -0.4 is 11.1 Å². The van der Waals surface area contributed by atoms with Crippen molar-refractivity contribution in [3.8, 4) is 22.6 Å². The van der Waals surface area contributed by atoms with Crippen LogP contribution in [0.4, 0.5) is 11.4 Å². The van der Waals surface area contributed by atoms with Crippen LogP contribution in [0.15, 0.2) is 41.1 Å². The molecule has 5 rings (SSSR count). The number of aliphatic hydroxyl groups is 1. The summed E-state index contributed by atoms with van der Waals surface area (Å²) in [5.41, 5.74) is 8.20. The summed E-state index contributed by atoms with van der Waals surface area (Å²) >= 11 is 0. The van der Waals surface area contributed by atoms with Crippen molar-refractivity contribution >= 4 is 23.2 Å². The lowest BCUT2D eigenvalue weighted by atomic mass is 9.98. The van der Waals surface area contributed by atoms with Gasteiger partial charge in [-0.25, -0.2) is 9.97 Å². The van der Waals surface area contributed by atoms with Gasteiger partial charge in [-0.05, 0) is 19.9 Å². The van der Waals surface area contributed by atoms with Crippen LogP contribution in [0.25, 0.3) is 22.6 Å². The molecule has 36 heavy (non-hydrogen) atoms. The van der Waals surface area contributed by atoms with Crippen molar-refractivity contribution in [1.29, 1.82) is 0 Å². The number of aromatic amines is 1. The molecule has 0 bridgehead atoms. The number of primary amides is 1. The number of nitrogens with two attached hydrogens (primary N) is 1. The molecule has 2 amide bonds. The van der Waals surface area contributed by atoms with Gasteiger partial charge in [0.2, 0.25) is 5.60 Å². The Labute approximate surface area is 205 Å². The fraction of sp³-hybridized carbons (Fsp3) is 0.250. The molecule has 0 aliphatic carbocycles. The standard InChI is InChI=1S/C24H24N8O4/c1-12-19(13(2)30-29-12)27-17-11-26-22(28-20(17)21(25)33)15-6-4-5-14(9-15)16-10-18(36-31-16)24(35)7-8-32(3)23(24)34/h4-6,9-11,27,35H,7-8H2,1-3H3,(H2,25,33)(H,29,30). The van der Waals surface area contributed by atoms with Crippen molar-refractivity contribution in [2.45, 2.75) is 25.9 Å². The third-order valence-corrected chi connectivity index (χ3v) is 6.25. The van der Waals surface area contributed by atoms with Gasteiger partial charge in [-0.2, -0.15) is 5.10 Å². The van der Waals surface area contributed by atoms with Gasteiger partial charge >= 0.3 is 0 Å². The molecule has 4 heterocycles. The van der Waals surface area contributed by atoms with E-state index >= 15 is 0 Å². The molecule has 12 nitrogen and oxygen atoms in total. The number of benzene rings is 1.